The van der Waals surface area contributed by atoms with Crippen molar-refractivity contribution in [2.45, 2.75) is 11.3 Å². The number of hydrogen-bond donors (Lipinski definition) is 0. The molecule has 0 aromatic heterocycles. The minimum atomic E-state index is 0. The minimum Gasteiger partial charge on any atom is -1.00 e. The molecule has 0 amide bonds. The van der Waals surface area contributed by atoms with Crippen molar-refractivity contribution in [1.29, 1.82) is 0 Å². The number of rotatable bonds is 3. The molecule has 2 nitrogen and oxygen atoms in total. The number of nitrogens with zero attached hydrogens (tertiary/aromatic N) is 2. The second-order valence-corrected chi connectivity index (χ2v) is 5.49. The van der Waals surface area contributed by atoms with E-state index >= 15 is 0 Å². The zero-order chi connectivity index (χ0) is 11.2. The first-order valence-corrected chi connectivity index (χ1v) is 7.02. The molecule has 0 radical (unpaired) electrons. The lowest BCUT2D eigenvalue weighted by molar-refractivity contribution is -0.00547. The maximum absolute atomic E-state index is 8.58. The predicted octanol–water partition coefficient (Wildman–Crippen LogP) is 0.946. The Bertz CT molecular complexity index is 477. The normalized spacial score (nSPS) is 13.6. The fourth-order valence-electron chi connectivity index (χ4n) is 1.23. The second kappa shape index (κ2) is 7.41. The van der Waals surface area contributed by atoms with Gasteiger partial charge in [-0.2, -0.15) is 4.79 Å². The SMILES string of the molecule is [Cl-].[N-]=[N+]=C1C=CC(SSc2ccccc2)=CC1. The number of halogens is 1. The maximum atomic E-state index is 8.58. The Hall–Kier alpha value is -0.930. The molecule has 0 fully saturated rings. The Morgan fingerprint density at radius 1 is 1.06 bits per heavy atom. The Balaban J connectivity index is 0.00000144. The lowest BCUT2D eigenvalue weighted by atomic mass is 10.2. The molecule has 5 heteroatoms. The van der Waals surface area contributed by atoms with Crippen LogP contribution in [0.15, 0.2) is 58.4 Å². The smallest absolute Gasteiger partial charge is 0.295 e. The van der Waals surface area contributed by atoms with Gasteiger partial charge in [0.25, 0.3) is 5.71 Å². The van der Waals surface area contributed by atoms with Crippen LogP contribution < -0.4 is 12.4 Å². The van der Waals surface area contributed by atoms with Gasteiger partial charge in [-0.25, -0.2) is 0 Å². The molecule has 88 valence electrons. The van der Waals surface area contributed by atoms with E-state index in [9.17, 15) is 0 Å². The van der Waals surface area contributed by atoms with Crippen molar-refractivity contribution >= 4 is 27.3 Å². The highest BCUT2D eigenvalue weighted by Gasteiger charge is 2.08. The second-order valence-electron chi connectivity index (χ2n) is 3.22. The third kappa shape index (κ3) is 4.44. The van der Waals surface area contributed by atoms with Crippen LogP contribution in [0.3, 0.4) is 0 Å². The van der Waals surface area contributed by atoms with E-state index in [1.54, 1.807) is 21.6 Å². The minimum absolute atomic E-state index is 0. The first kappa shape index (κ1) is 14.1. The van der Waals surface area contributed by atoms with Crippen molar-refractivity contribution in [3.05, 3.63) is 59.0 Å². The number of hydrogen-bond acceptors (Lipinski definition) is 2. The van der Waals surface area contributed by atoms with E-state index in [0.29, 0.717) is 12.1 Å². The van der Waals surface area contributed by atoms with E-state index in [4.69, 9.17) is 5.53 Å². The van der Waals surface area contributed by atoms with E-state index in [1.807, 2.05) is 30.4 Å². The van der Waals surface area contributed by atoms with E-state index in [0.717, 1.165) is 0 Å². The molecule has 0 spiro atoms. The fraction of sp³-hybridized carbons (Fsp3) is 0.0833. The molecule has 0 atom stereocenters. The topological polar surface area (TPSA) is 36.4 Å². The summed E-state index contributed by atoms with van der Waals surface area (Å²) in [5.41, 5.74) is 9.28. The fourth-order valence-corrected chi connectivity index (χ4v) is 3.24. The van der Waals surface area contributed by atoms with Crippen LogP contribution in [0.1, 0.15) is 6.42 Å². The molecule has 17 heavy (non-hydrogen) atoms. The molecule has 0 bridgehead atoms. The summed E-state index contributed by atoms with van der Waals surface area (Å²) in [6.07, 6.45) is 6.58. The zero-order valence-electron chi connectivity index (χ0n) is 8.91. The summed E-state index contributed by atoms with van der Waals surface area (Å²) in [5.74, 6) is 0. The summed E-state index contributed by atoms with van der Waals surface area (Å²) in [7, 11) is 3.45. The van der Waals surface area contributed by atoms with Gasteiger partial charge in [0, 0.05) is 15.9 Å². The highest BCUT2D eigenvalue weighted by Crippen LogP contribution is 2.38. The van der Waals surface area contributed by atoms with Gasteiger partial charge >= 0.3 is 0 Å². The van der Waals surface area contributed by atoms with Crippen molar-refractivity contribution in [2.75, 3.05) is 0 Å². The quantitative estimate of drug-likeness (QED) is 0.470. The highest BCUT2D eigenvalue weighted by atomic mass is 35.5. The maximum Gasteiger partial charge on any atom is 0.295 e. The van der Waals surface area contributed by atoms with Gasteiger partial charge in [-0.05, 0) is 18.2 Å². The van der Waals surface area contributed by atoms with Crippen molar-refractivity contribution in [3.63, 3.8) is 0 Å². The van der Waals surface area contributed by atoms with Crippen LogP contribution in [-0.4, -0.2) is 10.5 Å². The number of benzene rings is 1. The molecule has 0 saturated carbocycles. The molecule has 1 aliphatic rings. The van der Waals surface area contributed by atoms with Crippen LogP contribution in [0.5, 0.6) is 0 Å². The van der Waals surface area contributed by atoms with Gasteiger partial charge in [-0.3, -0.25) is 0 Å². The monoisotopic (exact) mass is 281 g/mol. The van der Waals surface area contributed by atoms with Crippen molar-refractivity contribution in [3.8, 4) is 0 Å². The Morgan fingerprint density at radius 3 is 2.41 bits per heavy atom. The average molecular weight is 282 g/mol. The summed E-state index contributed by atoms with van der Waals surface area (Å²) in [6, 6.07) is 10.3. The lowest BCUT2D eigenvalue weighted by Crippen LogP contribution is -3.00. The third-order valence-corrected chi connectivity index (χ3v) is 4.51. The molecular formula is C12H10ClN2S2-. The molecule has 0 aliphatic heterocycles. The van der Waals surface area contributed by atoms with Gasteiger partial charge in [0.2, 0.25) is 0 Å². The van der Waals surface area contributed by atoms with E-state index < -0.39 is 0 Å². The molecule has 1 aliphatic carbocycles. The van der Waals surface area contributed by atoms with Crippen molar-refractivity contribution < 1.29 is 17.2 Å². The largest absolute Gasteiger partial charge is 1.00 e. The van der Waals surface area contributed by atoms with E-state index in [2.05, 4.69) is 23.0 Å². The molecule has 1 aromatic carbocycles. The standard InChI is InChI=1S/C12H10N2S2.ClH/c13-14-10-6-8-12(9-7-10)16-15-11-4-2-1-3-5-11;/h1-6,8-9H,7H2;1H/p-1. The van der Waals surface area contributed by atoms with Crippen molar-refractivity contribution in [1.82, 2.24) is 0 Å². The van der Waals surface area contributed by atoms with Gasteiger partial charge in [0.15, 0.2) is 0 Å². The zero-order valence-corrected chi connectivity index (χ0v) is 11.3. The van der Waals surface area contributed by atoms with Crippen LogP contribution in [-0.2, 0) is 0 Å². The first-order valence-electron chi connectivity index (χ1n) is 4.87. The van der Waals surface area contributed by atoms with Crippen LogP contribution in [0.25, 0.3) is 5.53 Å². The molecule has 1 aromatic rings. The van der Waals surface area contributed by atoms with Gasteiger partial charge in [-0.1, -0.05) is 45.9 Å². The van der Waals surface area contributed by atoms with Gasteiger partial charge in [0.1, 0.15) is 0 Å². The van der Waals surface area contributed by atoms with Crippen LogP contribution in [0.2, 0.25) is 0 Å². The Kier molecular flexibility index (Phi) is 6.16. The summed E-state index contributed by atoms with van der Waals surface area (Å²) < 4.78 is 0. The average Bonchev–Trinajstić information content (AvgIpc) is 2.38. The molecule has 0 saturated heterocycles. The predicted molar refractivity (Wildman–Crippen MR) is 70.4 cm³/mol. The summed E-state index contributed by atoms with van der Waals surface area (Å²) in [6.45, 7) is 0. The summed E-state index contributed by atoms with van der Waals surface area (Å²) in [5, 5.41) is 0. The first-order chi connectivity index (χ1) is 7.88. The molecule has 2 rings (SSSR count). The highest BCUT2D eigenvalue weighted by molar-refractivity contribution is 8.78. The van der Waals surface area contributed by atoms with E-state index in [-0.39, 0.29) is 12.4 Å². The third-order valence-electron chi connectivity index (χ3n) is 2.06. The lowest BCUT2D eigenvalue weighted by Gasteiger charge is -2.03. The van der Waals surface area contributed by atoms with Gasteiger partial charge in [0.05, 0.1) is 6.42 Å². The van der Waals surface area contributed by atoms with Crippen molar-refractivity contribution in [2.24, 2.45) is 0 Å². The van der Waals surface area contributed by atoms with Crippen LogP contribution in [0.4, 0.5) is 0 Å². The Morgan fingerprint density at radius 2 is 1.82 bits per heavy atom. The molecule has 0 heterocycles. The van der Waals surface area contributed by atoms with Gasteiger partial charge in [-0.15, -0.1) is 0 Å². The summed E-state index contributed by atoms with van der Waals surface area (Å²) in [4.78, 5) is 5.60. The number of allylic oxidation sites excluding steroid dienone is 3. The van der Waals surface area contributed by atoms with Gasteiger partial charge < -0.3 is 17.9 Å². The van der Waals surface area contributed by atoms with E-state index in [1.165, 1.54) is 9.80 Å². The molecule has 0 N–H and O–H groups in total. The van der Waals surface area contributed by atoms with Crippen LogP contribution in [0, 0.1) is 0 Å². The summed E-state index contributed by atoms with van der Waals surface area (Å²) >= 11 is 0. The van der Waals surface area contributed by atoms with Crippen LogP contribution >= 0.6 is 21.6 Å². The molecule has 0 unspecified atom stereocenters. The molecular weight excluding hydrogens is 272 g/mol. The Labute approximate surface area is 115 Å².